The summed E-state index contributed by atoms with van der Waals surface area (Å²) >= 11 is 0. The zero-order valence-electron chi connectivity index (χ0n) is 40.2. The van der Waals surface area contributed by atoms with Crippen molar-refractivity contribution in [2.45, 2.75) is 199 Å². The van der Waals surface area contributed by atoms with Gasteiger partial charge in [-0.3, -0.25) is 9.69 Å². The van der Waals surface area contributed by atoms with Gasteiger partial charge in [-0.1, -0.05) is 27.7 Å². The molecule has 0 spiro atoms. The predicted molar refractivity (Wildman–Crippen MR) is 233 cm³/mol. The van der Waals surface area contributed by atoms with Crippen molar-refractivity contribution < 1.29 is 67.6 Å². The van der Waals surface area contributed by atoms with Gasteiger partial charge < -0.3 is 58.5 Å². The second-order valence-corrected chi connectivity index (χ2v) is 19.6. The lowest BCUT2D eigenvalue weighted by Gasteiger charge is -2.48. The molecule has 0 saturated carbocycles. The maximum atomic E-state index is 14.7. The number of carbonyl (C=O) groups is 2. The van der Waals surface area contributed by atoms with Gasteiger partial charge in [-0.15, -0.1) is 0 Å². The number of hydrogen-bond donors (Lipinski definition) is 4. The monoisotopic (exact) mass is 899 g/mol. The van der Waals surface area contributed by atoms with Crippen LogP contribution in [0, 0.1) is 23.6 Å². The number of esters is 2. The molecule has 3 aliphatic heterocycles. The number of methoxy groups -OCH3 is 1. The number of hydrogen-bond acceptors (Lipinski definition) is 15. The highest BCUT2D eigenvalue weighted by Crippen LogP contribution is 2.40. The van der Waals surface area contributed by atoms with E-state index in [1.54, 1.807) is 41.5 Å². The fourth-order valence-corrected chi connectivity index (χ4v) is 10.2. The molecule has 0 radical (unpaired) electrons. The van der Waals surface area contributed by atoms with E-state index >= 15 is 0 Å². The van der Waals surface area contributed by atoms with Crippen LogP contribution in [0.4, 0.5) is 4.39 Å². The number of nitrogens with zero attached hydrogens (tertiary/aromatic N) is 2. The lowest BCUT2D eigenvalue weighted by atomic mass is 9.77. The van der Waals surface area contributed by atoms with Crippen LogP contribution >= 0.6 is 0 Å². The van der Waals surface area contributed by atoms with Crippen LogP contribution in [0.3, 0.4) is 0 Å². The average molecular weight is 899 g/mol. The quantitative estimate of drug-likeness (QED) is 0.224. The van der Waals surface area contributed by atoms with Gasteiger partial charge in [0.05, 0.1) is 47.1 Å². The average Bonchev–Trinajstić information content (AvgIpc) is 3.21. The Morgan fingerprint density at radius 1 is 0.952 bits per heavy atom. The largest absolute Gasteiger partial charge is 0.459 e. The van der Waals surface area contributed by atoms with Crippen molar-refractivity contribution in [2.75, 3.05) is 34.3 Å². The molecule has 0 amide bonds. The third kappa shape index (κ3) is 12.6. The smallest absolute Gasteiger partial charge is 0.338 e. The third-order valence-electron chi connectivity index (χ3n) is 13.8. The van der Waals surface area contributed by atoms with Crippen molar-refractivity contribution in [1.29, 1.82) is 0 Å². The number of likely N-dealkylation sites (N-methyl/N-ethyl adjacent to an activating group) is 1. The number of halogens is 1. The van der Waals surface area contributed by atoms with Crippen LogP contribution in [0.15, 0.2) is 24.3 Å². The minimum atomic E-state index is -1.96. The third-order valence-corrected chi connectivity index (χ3v) is 13.8. The van der Waals surface area contributed by atoms with E-state index in [1.807, 2.05) is 46.7 Å². The molecule has 3 saturated heterocycles. The molecule has 4 rings (SSSR count). The summed E-state index contributed by atoms with van der Waals surface area (Å²) in [5, 5.41) is 48.2. The van der Waals surface area contributed by atoms with Crippen molar-refractivity contribution in [3.8, 4) is 0 Å². The van der Waals surface area contributed by atoms with E-state index in [1.165, 1.54) is 26.2 Å². The first-order chi connectivity index (χ1) is 29.3. The molecule has 3 fully saturated rings. The van der Waals surface area contributed by atoms with Crippen LogP contribution in [0.1, 0.15) is 119 Å². The highest BCUT2D eigenvalue weighted by molar-refractivity contribution is 5.89. The second kappa shape index (κ2) is 22.0. The van der Waals surface area contributed by atoms with Crippen LogP contribution in [-0.2, 0) is 38.0 Å². The number of rotatable bonds is 11. The van der Waals surface area contributed by atoms with E-state index in [2.05, 4.69) is 4.90 Å². The second-order valence-electron chi connectivity index (χ2n) is 19.6. The molecule has 0 aromatic heterocycles. The molecule has 3 aliphatic rings. The zero-order valence-corrected chi connectivity index (χ0v) is 40.2. The molecule has 18 atom stereocenters. The summed E-state index contributed by atoms with van der Waals surface area (Å²) < 4.78 is 58.2. The number of carbonyl (C=O) groups excluding carboxylic acids is 2. The number of cyclic esters (lactones) is 1. The van der Waals surface area contributed by atoms with Gasteiger partial charge in [-0.05, 0) is 125 Å². The maximum absolute atomic E-state index is 14.7. The van der Waals surface area contributed by atoms with Crippen LogP contribution in [0.2, 0.25) is 0 Å². The highest BCUT2D eigenvalue weighted by Gasteiger charge is 2.53. The van der Waals surface area contributed by atoms with Crippen LogP contribution < -0.4 is 0 Å². The summed E-state index contributed by atoms with van der Waals surface area (Å²) in [5.41, 5.74) is -4.60. The summed E-state index contributed by atoms with van der Waals surface area (Å²) in [6, 6.07) is 3.95. The molecule has 0 aliphatic carbocycles. The molecular formula is C47H79FN2O13. The highest BCUT2D eigenvalue weighted by atomic mass is 19.1. The van der Waals surface area contributed by atoms with Gasteiger partial charge in [-0.25, -0.2) is 9.18 Å². The minimum Gasteiger partial charge on any atom is -0.459 e. The Kier molecular flexibility index (Phi) is 18.6. The van der Waals surface area contributed by atoms with E-state index < -0.39 is 108 Å². The molecular weight excluding hydrogens is 820 g/mol. The molecule has 1 aromatic carbocycles. The number of aliphatic hydroxyl groups excluding tert-OH is 2. The molecule has 63 heavy (non-hydrogen) atoms. The normalized spacial score (nSPS) is 42.9. The standard InChI is InChI=1S/C47H79FN2O13/c1-15-21-50-25-26(3)23-45(9,55)40(63-44-37(51)34(49(12)13)22-27(4)58-44)28(5)38(61-36-24-46(10,57-14)39(52)31(8)59-36)29(6)42(53)60-35(16-2)47(11,56)41(30(50)7)62-43(54)32-17-19-33(48)20-18-32/h17-20,26-31,34-41,44,51-52,55-56H,15-16,21-25H2,1-14H3/t26-,27-,28+,29-,30+,31+,34+,35+,36+,37-,38+,39+,40-,41-,44+,45+,46-,47-/m1/s1. The molecule has 0 bridgehead atoms. The van der Waals surface area contributed by atoms with Gasteiger partial charge in [0.15, 0.2) is 12.6 Å². The van der Waals surface area contributed by atoms with Crippen molar-refractivity contribution >= 4 is 11.9 Å². The van der Waals surface area contributed by atoms with E-state index in [9.17, 15) is 34.4 Å². The lowest BCUT2D eigenvalue weighted by Crippen LogP contribution is -2.61. The topological polar surface area (TPSA) is 186 Å². The van der Waals surface area contributed by atoms with Crippen LogP contribution in [-0.4, -0.2) is 167 Å². The van der Waals surface area contributed by atoms with Crippen molar-refractivity contribution in [2.24, 2.45) is 17.8 Å². The lowest BCUT2D eigenvalue weighted by molar-refractivity contribution is -0.318. The van der Waals surface area contributed by atoms with E-state index in [0.717, 1.165) is 12.1 Å². The minimum absolute atomic E-state index is 0.0788. The fraction of sp³-hybridized carbons (Fsp3) is 0.830. The van der Waals surface area contributed by atoms with E-state index in [4.69, 9.17) is 33.2 Å². The van der Waals surface area contributed by atoms with Gasteiger partial charge in [0.1, 0.15) is 35.8 Å². The molecule has 1 aromatic rings. The van der Waals surface area contributed by atoms with Gasteiger partial charge in [0.2, 0.25) is 0 Å². The number of aliphatic hydroxyl groups is 4. The summed E-state index contributed by atoms with van der Waals surface area (Å²) in [7, 11) is 5.24. The first-order valence-corrected chi connectivity index (χ1v) is 22.9. The zero-order chi connectivity index (χ0) is 47.4. The molecule has 3 heterocycles. The van der Waals surface area contributed by atoms with Crippen molar-refractivity contribution in [3.63, 3.8) is 0 Å². The summed E-state index contributed by atoms with van der Waals surface area (Å²) in [5.74, 6) is -4.24. The summed E-state index contributed by atoms with van der Waals surface area (Å²) in [6.07, 6.45) is -8.32. The predicted octanol–water partition coefficient (Wildman–Crippen LogP) is 4.68. The Hall–Kier alpha value is -2.35. The van der Waals surface area contributed by atoms with Gasteiger partial charge in [0, 0.05) is 38.1 Å². The Morgan fingerprint density at radius 3 is 2.16 bits per heavy atom. The first-order valence-electron chi connectivity index (χ1n) is 22.9. The number of benzene rings is 1. The Bertz CT molecular complexity index is 1620. The van der Waals surface area contributed by atoms with Gasteiger partial charge in [-0.2, -0.15) is 0 Å². The SMILES string of the molecule is CCCN1C[C@H](C)C[C@](C)(O)[C@H](O[C@@H]2O[C@H](C)C[C@H](N(C)C)[C@H]2O)[C@@H](C)[C@H](O[C@H]2C[C@@](C)(OC)[C@@H](O)[C@H](C)O2)[C@@H](C)C(=O)O[C@@H](CC)[C@@](C)(O)[C@H](OC(=O)c2ccc(F)cc2)[C@@H]1C. The fourth-order valence-electron chi connectivity index (χ4n) is 10.2. The Morgan fingerprint density at radius 2 is 1.59 bits per heavy atom. The molecule has 16 heteroatoms. The maximum Gasteiger partial charge on any atom is 0.338 e. The Labute approximate surface area is 374 Å². The molecule has 362 valence electrons. The van der Waals surface area contributed by atoms with Crippen LogP contribution in [0.25, 0.3) is 0 Å². The Balaban J connectivity index is 1.88. The molecule has 15 nitrogen and oxygen atoms in total. The van der Waals surface area contributed by atoms with Crippen LogP contribution in [0.5, 0.6) is 0 Å². The van der Waals surface area contributed by atoms with Gasteiger partial charge in [0.25, 0.3) is 0 Å². The number of ether oxygens (including phenoxy) is 7. The van der Waals surface area contributed by atoms with Crippen molar-refractivity contribution in [3.05, 3.63) is 35.6 Å². The molecule has 4 N–H and O–H groups in total. The van der Waals surface area contributed by atoms with Crippen molar-refractivity contribution in [1.82, 2.24) is 9.80 Å². The first kappa shape index (κ1) is 53.3. The van der Waals surface area contributed by atoms with E-state index in [0.29, 0.717) is 25.9 Å². The van der Waals surface area contributed by atoms with Gasteiger partial charge >= 0.3 is 11.9 Å². The van der Waals surface area contributed by atoms with E-state index in [-0.39, 0.29) is 42.9 Å². The summed E-state index contributed by atoms with van der Waals surface area (Å²) in [6.45, 7) is 20.4. The summed E-state index contributed by atoms with van der Waals surface area (Å²) in [4.78, 5) is 32.5. The molecule has 0 unspecified atom stereocenters.